The van der Waals surface area contributed by atoms with Crippen molar-refractivity contribution < 1.29 is 22.3 Å². The van der Waals surface area contributed by atoms with Crippen LogP contribution in [0.15, 0.2) is 48.1 Å². The summed E-state index contributed by atoms with van der Waals surface area (Å²) in [5.74, 6) is -0.850. The minimum Gasteiger partial charge on any atom is -0.493 e. The molecule has 0 atom stereocenters. The molecule has 0 aromatic heterocycles. The maximum absolute atomic E-state index is 14.7. The van der Waals surface area contributed by atoms with Gasteiger partial charge in [-0.15, -0.1) is 0 Å². The second-order valence-corrected chi connectivity index (χ2v) is 11.0. The lowest BCUT2D eigenvalue weighted by Crippen LogP contribution is -2.36. The average Bonchev–Trinajstić information content (AvgIpc) is 3.63. The summed E-state index contributed by atoms with van der Waals surface area (Å²) in [7, 11) is -3.79. The van der Waals surface area contributed by atoms with Crippen molar-refractivity contribution in [2.45, 2.75) is 38.5 Å². The third kappa shape index (κ3) is 7.77. The number of halogens is 1. The molecule has 3 rings (SSSR count). The highest BCUT2D eigenvalue weighted by Crippen LogP contribution is 2.45. The molecule has 7 nitrogen and oxygen atoms in total. The molecule has 188 valence electrons. The van der Waals surface area contributed by atoms with Crippen LogP contribution in [0.25, 0.3) is 0 Å². The molecule has 0 spiro atoms. The van der Waals surface area contributed by atoms with Gasteiger partial charge in [0.25, 0.3) is 5.91 Å². The highest BCUT2D eigenvalue weighted by Gasteiger charge is 2.30. The van der Waals surface area contributed by atoms with E-state index in [1.165, 1.54) is 12.1 Å². The van der Waals surface area contributed by atoms with Crippen LogP contribution in [-0.2, 0) is 10.0 Å². The van der Waals surface area contributed by atoms with E-state index in [-0.39, 0.29) is 11.5 Å². The monoisotopic (exact) mass is 501 g/mol. The molecule has 2 fully saturated rings. The van der Waals surface area contributed by atoms with Crippen LogP contribution in [0.1, 0.15) is 54.4 Å². The number of piperidine rings is 1. The minimum absolute atomic E-state index is 0.191. The number of carbonyl (C=O) groups excluding carboxylic acids is 1. The summed E-state index contributed by atoms with van der Waals surface area (Å²) in [6.07, 6.45) is 9.73. The highest BCUT2D eigenvalue weighted by atomic mass is 32.2. The highest BCUT2D eigenvalue weighted by molar-refractivity contribution is 7.89. The Balaban J connectivity index is 1.60. The molecule has 0 radical (unpaired) electrons. The van der Waals surface area contributed by atoms with Crippen molar-refractivity contribution in [3.8, 4) is 11.8 Å². The van der Waals surface area contributed by atoms with Crippen LogP contribution in [0.5, 0.6) is 5.75 Å². The van der Waals surface area contributed by atoms with Crippen molar-refractivity contribution >= 4 is 15.9 Å². The zero-order chi connectivity index (χ0) is 25.6. The summed E-state index contributed by atoms with van der Waals surface area (Å²) < 4.78 is 45.3. The SMILES string of the molecule is C=C/C=C\C(C#N)=C(/C)CN1CCC(COc2cc(F)c(C(=O)NS(C)(=O)=O)cc2C2CC2)CC1. The molecule has 1 aliphatic heterocycles. The topological polar surface area (TPSA) is 99.5 Å². The molecule has 1 heterocycles. The molecule has 1 aromatic carbocycles. The number of benzene rings is 1. The van der Waals surface area contributed by atoms with Crippen molar-refractivity contribution in [3.63, 3.8) is 0 Å². The van der Waals surface area contributed by atoms with Crippen molar-refractivity contribution in [1.29, 1.82) is 5.26 Å². The molecule has 35 heavy (non-hydrogen) atoms. The Morgan fingerprint density at radius 3 is 2.57 bits per heavy atom. The Kier molecular flexibility index (Phi) is 8.87. The van der Waals surface area contributed by atoms with Gasteiger partial charge < -0.3 is 4.74 Å². The maximum atomic E-state index is 14.7. The number of likely N-dealkylation sites (tertiary alicyclic amines) is 1. The van der Waals surface area contributed by atoms with E-state index in [1.54, 1.807) is 18.2 Å². The number of rotatable bonds is 10. The third-order valence-electron chi connectivity index (χ3n) is 6.26. The van der Waals surface area contributed by atoms with Gasteiger partial charge in [-0.2, -0.15) is 5.26 Å². The molecule has 1 aromatic rings. The second-order valence-electron chi connectivity index (χ2n) is 9.28. The standard InChI is InChI=1S/C26H32FN3O4S/c1-4-5-6-21(15-28)18(2)16-30-11-9-19(10-12-30)17-34-25-14-24(27)23(13-22(25)20-7-8-20)26(31)29-35(3,32)33/h4-6,13-14,19-20H,1,7-12,16-17H2,2-3H3,(H,29,31)/b6-5-,21-18-. The lowest BCUT2D eigenvalue weighted by molar-refractivity contribution is 0.0977. The van der Waals surface area contributed by atoms with E-state index in [0.717, 1.165) is 62.7 Å². The molecule has 1 N–H and O–H groups in total. The second kappa shape index (κ2) is 11.6. The fourth-order valence-corrected chi connectivity index (χ4v) is 4.63. The number of amides is 1. The number of hydrogen-bond donors (Lipinski definition) is 1. The molecule has 0 unspecified atom stereocenters. The van der Waals surface area contributed by atoms with Crippen LogP contribution in [0.4, 0.5) is 4.39 Å². The van der Waals surface area contributed by atoms with Crippen LogP contribution in [-0.4, -0.2) is 51.7 Å². The lowest BCUT2D eigenvalue weighted by atomic mass is 9.97. The number of nitriles is 1. The van der Waals surface area contributed by atoms with Crippen molar-refractivity contribution in [2.75, 3.05) is 32.5 Å². The van der Waals surface area contributed by atoms with E-state index >= 15 is 0 Å². The molecule has 1 aliphatic carbocycles. The summed E-state index contributed by atoms with van der Waals surface area (Å²) in [6, 6.07) is 4.86. The summed E-state index contributed by atoms with van der Waals surface area (Å²) >= 11 is 0. The van der Waals surface area contributed by atoms with E-state index in [1.807, 2.05) is 11.6 Å². The van der Waals surface area contributed by atoms with E-state index in [2.05, 4.69) is 17.5 Å². The van der Waals surface area contributed by atoms with Gasteiger partial charge in [-0.05, 0) is 80.8 Å². The van der Waals surface area contributed by atoms with Crippen LogP contribution >= 0.6 is 0 Å². The third-order valence-corrected chi connectivity index (χ3v) is 6.82. The van der Waals surface area contributed by atoms with Gasteiger partial charge in [-0.3, -0.25) is 9.69 Å². The van der Waals surface area contributed by atoms with E-state index in [9.17, 15) is 22.9 Å². The zero-order valence-electron chi connectivity index (χ0n) is 20.2. The number of hydrogen-bond acceptors (Lipinski definition) is 6. The largest absolute Gasteiger partial charge is 0.493 e. The van der Waals surface area contributed by atoms with Gasteiger partial charge in [0.2, 0.25) is 10.0 Å². The number of ether oxygens (including phenoxy) is 1. The first-order valence-electron chi connectivity index (χ1n) is 11.7. The minimum atomic E-state index is -3.79. The van der Waals surface area contributed by atoms with E-state index in [0.29, 0.717) is 23.8 Å². The fraction of sp³-hybridized carbons (Fsp3) is 0.462. The van der Waals surface area contributed by atoms with Crippen LogP contribution < -0.4 is 9.46 Å². The van der Waals surface area contributed by atoms with Crippen LogP contribution in [0.3, 0.4) is 0 Å². The molecular formula is C26H32FN3O4S. The fourth-order valence-electron chi connectivity index (χ4n) is 4.19. The predicted molar refractivity (Wildman–Crippen MR) is 133 cm³/mol. The summed E-state index contributed by atoms with van der Waals surface area (Å²) in [5.41, 5.74) is 2.13. The normalized spacial score (nSPS) is 18.1. The Morgan fingerprint density at radius 1 is 1.31 bits per heavy atom. The summed E-state index contributed by atoms with van der Waals surface area (Å²) in [6.45, 7) is 8.54. The summed E-state index contributed by atoms with van der Waals surface area (Å²) in [5, 5.41) is 9.35. The van der Waals surface area contributed by atoms with E-state index in [4.69, 9.17) is 4.74 Å². The van der Waals surface area contributed by atoms with E-state index < -0.39 is 21.7 Å². The lowest BCUT2D eigenvalue weighted by Gasteiger charge is -2.32. The number of nitrogens with one attached hydrogen (secondary N) is 1. The van der Waals surface area contributed by atoms with Crippen LogP contribution in [0, 0.1) is 23.1 Å². The summed E-state index contributed by atoms with van der Waals surface area (Å²) in [4.78, 5) is 14.5. The predicted octanol–water partition coefficient (Wildman–Crippen LogP) is 4.07. The number of nitrogens with zero attached hydrogens (tertiary/aromatic N) is 2. The van der Waals surface area contributed by atoms with Gasteiger partial charge in [0.1, 0.15) is 11.6 Å². The Hall–Kier alpha value is -2.96. The number of sulfonamides is 1. The molecule has 2 aliphatic rings. The van der Waals surface area contributed by atoms with Crippen molar-refractivity contribution in [3.05, 3.63) is 65.0 Å². The maximum Gasteiger partial charge on any atom is 0.267 e. The van der Waals surface area contributed by atoms with Crippen LogP contribution in [0.2, 0.25) is 0 Å². The quantitative estimate of drug-likeness (QED) is 0.383. The van der Waals surface area contributed by atoms with Gasteiger partial charge in [0.05, 0.1) is 30.1 Å². The Morgan fingerprint density at radius 2 is 2.00 bits per heavy atom. The Bertz CT molecular complexity index is 1170. The molecule has 9 heteroatoms. The molecule has 1 saturated heterocycles. The Labute approximate surface area is 207 Å². The van der Waals surface area contributed by atoms with Gasteiger partial charge >= 0.3 is 0 Å². The van der Waals surface area contributed by atoms with Crippen molar-refractivity contribution in [2.24, 2.45) is 5.92 Å². The molecule has 1 amide bonds. The molecule has 1 saturated carbocycles. The smallest absolute Gasteiger partial charge is 0.267 e. The average molecular weight is 502 g/mol. The van der Waals surface area contributed by atoms with Gasteiger partial charge in [0.15, 0.2) is 0 Å². The van der Waals surface area contributed by atoms with Gasteiger partial charge in [0, 0.05) is 12.6 Å². The number of carbonyl (C=O) groups is 1. The zero-order valence-corrected chi connectivity index (χ0v) is 21.0. The molecule has 0 bridgehead atoms. The van der Waals surface area contributed by atoms with Gasteiger partial charge in [-0.25, -0.2) is 17.5 Å². The number of allylic oxidation sites excluding steroid dienone is 4. The first kappa shape index (κ1) is 26.6. The van der Waals surface area contributed by atoms with Gasteiger partial charge in [-0.1, -0.05) is 18.7 Å². The molecular weight excluding hydrogens is 469 g/mol. The first-order chi connectivity index (χ1) is 16.6. The first-order valence-corrected chi connectivity index (χ1v) is 13.6. The van der Waals surface area contributed by atoms with Crippen molar-refractivity contribution in [1.82, 2.24) is 9.62 Å².